The van der Waals surface area contributed by atoms with Gasteiger partial charge >= 0.3 is 0 Å². The Kier molecular flexibility index (Phi) is 6.14. The first-order valence-electron chi connectivity index (χ1n) is 12.9. The van der Waals surface area contributed by atoms with Crippen molar-refractivity contribution in [2.45, 2.75) is 20.0 Å². The zero-order valence-electron chi connectivity index (χ0n) is 21.6. The van der Waals surface area contributed by atoms with Gasteiger partial charge in [0.25, 0.3) is 0 Å². The van der Waals surface area contributed by atoms with Gasteiger partial charge < -0.3 is 10.3 Å². The largest absolute Gasteiger partial charge is 0.337 e. The minimum absolute atomic E-state index is 0.221. The van der Waals surface area contributed by atoms with Crippen LogP contribution in [0.1, 0.15) is 16.0 Å². The predicted octanol–water partition coefficient (Wildman–Crippen LogP) is 7.03. The van der Waals surface area contributed by atoms with E-state index in [9.17, 15) is 0 Å². The molecule has 0 aliphatic heterocycles. The fraction of sp³-hybridized carbons (Fsp3) is 0.0968. The molecule has 7 rings (SSSR count). The summed E-state index contributed by atoms with van der Waals surface area (Å²) in [5.41, 5.74) is 6.59. The van der Waals surface area contributed by atoms with Gasteiger partial charge in [0.15, 0.2) is 11.6 Å². The van der Waals surface area contributed by atoms with Crippen molar-refractivity contribution in [2.75, 3.05) is 0 Å². The molecule has 0 atom stereocenters. The molecular formula is C31H24FN7S. The van der Waals surface area contributed by atoms with E-state index in [1.807, 2.05) is 36.4 Å². The Morgan fingerprint density at radius 1 is 0.875 bits per heavy atom. The summed E-state index contributed by atoms with van der Waals surface area (Å²) in [6.07, 6.45) is 5.02. The molecule has 0 spiro atoms. The van der Waals surface area contributed by atoms with E-state index in [-0.39, 0.29) is 5.69 Å². The van der Waals surface area contributed by atoms with Gasteiger partial charge in [0.05, 0.1) is 28.1 Å². The highest BCUT2D eigenvalue weighted by atomic mass is 32.1. The van der Waals surface area contributed by atoms with E-state index in [1.54, 1.807) is 29.9 Å². The molecule has 9 heteroatoms. The fourth-order valence-corrected chi connectivity index (χ4v) is 5.82. The first kappa shape index (κ1) is 24.3. The van der Waals surface area contributed by atoms with Gasteiger partial charge in [-0.15, -0.1) is 11.3 Å². The van der Waals surface area contributed by atoms with Gasteiger partial charge in [0, 0.05) is 46.4 Å². The summed E-state index contributed by atoms with van der Waals surface area (Å²) in [4.78, 5) is 19.3. The average Bonchev–Trinajstić information content (AvgIpc) is 3.72. The Morgan fingerprint density at radius 3 is 2.60 bits per heavy atom. The summed E-state index contributed by atoms with van der Waals surface area (Å²) >= 11 is 1.72. The highest BCUT2D eigenvalue weighted by Gasteiger charge is 2.21. The Morgan fingerprint density at radius 2 is 1.75 bits per heavy atom. The number of aryl methyl sites for hydroxylation is 1. The first-order valence-corrected chi connectivity index (χ1v) is 13.7. The third-order valence-corrected chi connectivity index (χ3v) is 7.89. The number of hydrogen-bond donors (Lipinski definition) is 3. The Balaban J connectivity index is 1.23. The molecule has 5 heterocycles. The SMILES string of the molecule is Cc1ccc(-c2cccc3[nH]c(-c4n[nH]c5cnc(-c6cncc(CNCc7ccccc7)c6)c(F)c45)nc23)s1. The third kappa shape index (κ3) is 4.45. The maximum absolute atomic E-state index is 16.1. The molecule has 196 valence electrons. The topological polar surface area (TPSA) is 95.2 Å². The van der Waals surface area contributed by atoms with Crippen LogP contribution in [0, 0.1) is 12.7 Å². The smallest absolute Gasteiger partial charge is 0.161 e. The van der Waals surface area contributed by atoms with Gasteiger partial charge in [0.1, 0.15) is 11.4 Å². The van der Waals surface area contributed by atoms with Gasteiger partial charge in [-0.3, -0.25) is 15.1 Å². The van der Waals surface area contributed by atoms with Crippen LogP contribution < -0.4 is 5.32 Å². The van der Waals surface area contributed by atoms with Crippen LogP contribution in [0.5, 0.6) is 0 Å². The monoisotopic (exact) mass is 545 g/mol. The number of fused-ring (bicyclic) bond motifs is 2. The van der Waals surface area contributed by atoms with E-state index >= 15 is 4.39 Å². The molecule has 7 aromatic rings. The Hall–Kier alpha value is -4.73. The normalized spacial score (nSPS) is 11.6. The second-order valence-corrected chi connectivity index (χ2v) is 10.9. The maximum Gasteiger partial charge on any atom is 0.161 e. The number of H-pyrrole nitrogens is 2. The van der Waals surface area contributed by atoms with Crippen LogP contribution in [0.4, 0.5) is 4.39 Å². The number of rotatable bonds is 7. The molecule has 0 saturated heterocycles. The molecule has 0 unspecified atom stereocenters. The van der Waals surface area contributed by atoms with Crippen molar-refractivity contribution in [3.63, 3.8) is 0 Å². The minimum atomic E-state index is -0.466. The molecule has 3 N–H and O–H groups in total. The van der Waals surface area contributed by atoms with Crippen molar-refractivity contribution in [3.05, 3.63) is 107 Å². The molecule has 0 saturated carbocycles. The standard InChI is InChI=1S/C31H24FN7S/c1-18-10-11-25(40-18)22-8-5-9-23-29(22)37-31(36-23)30-26-24(38-39-30)17-35-28(27(26)32)21-12-20(15-34-16-21)14-33-13-19-6-3-2-4-7-19/h2-12,15-17,33H,13-14H2,1H3,(H,36,37)(H,38,39). The van der Waals surface area contributed by atoms with Crippen LogP contribution in [-0.4, -0.2) is 30.1 Å². The summed E-state index contributed by atoms with van der Waals surface area (Å²) in [5, 5.41) is 11.1. The molecule has 0 aliphatic carbocycles. The molecule has 0 aliphatic rings. The summed E-state index contributed by atoms with van der Waals surface area (Å²) in [5.74, 6) is 0.0296. The molecule has 5 aromatic heterocycles. The van der Waals surface area contributed by atoms with Crippen molar-refractivity contribution in [1.82, 2.24) is 35.5 Å². The molecule has 0 amide bonds. The number of hydrogen-bond acceptors (Lipinski definition) is 6. The number of aromatic nitrogens is 6. The van der Waals surface area contributed by atoms with Crippen LogP contribution in [0.25, 0.3) is 55.2 Å². The minimum Gasteiger partial charge on any atom is -0.337 e. The lowest BCUT2D eigenvalue weighted by molar-refractivity contribution is 0.638. The number of nitrogens with zero attached hydrogens (tertiary/aromatic N) is 4. The number of pyridine rings is 2. The molecule has 40 heavy (non-hydrogen) atoms. The number of thiophene rings is 1. The average molecular weight is 546 g/mol. The predicted molar refractivity (Wildman–Crippen MR) is 157 cm³/mol. The van der Waals surface area contributed by atoms with E-state index in [4.69, 9.17) is 4.98 Å². The van der Waals surface area contributed by atoms with Gasteiger partial charge in [-0.05, 0) is 42.3 Å². The fourth-order valence-electron chi connectivity index (χ4n) is 4.93. The lowest BCUT2D eigenvalue weighted by Gasteiger charge is -2.08. The maximum atomic E-state index is 16.1. The van der Waals surface area contributed by atoms with E-state index in [0.29, 0.717) is 34.5 Å². The van der Waals surface area contributed by atoms with Crippen molar-refractivity contribution in [2.24, 2.45) is 0 Å². The van der Waals surface area contributed by atoms with Gasteiger partial charge in [-0.2, -0.15) is 5.10 Å². The van der Waals surface area contributed by atoms with Crippen LogP contribution in [0.2, 0.25) is 0 Å². The quantitative estimate of drug-likeness (QED) is 0.200. The second-order valence-electron chi connectivity index (χ2n) is 9.65. The highest BCUT2D eigenvalue weighted by molar-refractivity contribution is 7.15. The number of nitrogens with one attached hydrogen (secondary N) is 3. The molecule has 7 nitrogen and oxygen atoms in total. The van der Waals surface area contributed by atoms with Crippen LogP contribution in [-0.2, 0) is 13.1 Å². The molecule has 2 aromatic carbocycles. The lowest BCUT2D eigenvalue weighted by Crippen LogP contribution is -2.12. The van der Waals surface area contributed by atoms with E-state index in [1.165, 1.54) is 10.4 Å². The molecular weight excluding hydrogens is 521 g/mol. The van der Waals surface area contributed by atoms with Crippen LogP contribution in [0.3, 0.4) is 0 Å². The van der Waals surface area contributed by atoms with E-state index in [2.05, 4.69) is 67.7 Å². The number of benzene rings is 2. The first-order chi connectivity index (χ1) is 19.6. The zero-order valence-corrected chi connectivity index (χ0v) is 22.4. The molecule has 0 radical (unpaired) electrons. The number of para-hydroxylation sites is 1. The summed E-state index contributed by atoms with van der Waals surface area (Å²) in [6.45, 7) is 3.41. The summed E-state index contributed by atoms with van der Waals surface area (Å²) < 4.78 is 16.1. The third-order valence-electron chi connectivity index (χ3n) is 6.86. The van der Waals surface area contributed by atoms with Gasteiger partial charge in [-0.25, -0.2) is 9.37 Å². The van der Waals surface area contributed by atoms with Crippen molar-refractivity contribution < 1.29 is 4.39 Å². The Bertz CT molecular complexity index is 1970. The number of halogens is 1. The van der Waals surface area contributed by atoms with E-state index in [0.717, 1.165) is 33.6 Å². The molecule has 0 fully saturated rings. The number of aromatic amines is 2. The van der Waals surface area contributed by atoms with Crippen LogP contribution >= 0.6 is 11.3 Å². The highest BCUT2D eigenvalue weighted by Crippen LogP contribution is 2.36. The zero-order chi connectivity index (χ0) is 27.1. The van der Waals surface area contributed by atoms with E-state index < -0.39 is 5.82 Å². The van der Waals surface area contributed by atoms with Gasteiger partial charge in [0.2, 0.25) is 0 Å². The van der Waals surface area contributed by atoms with Crippen molar-refractivity contribution in [3.8, 4) is 33.2 Å². The van der Waals surface area contributed by atoms with Crippen LogP contribution in [0.15, 0.2) is 85.3 Å². The summed E-state index contributed by atoms with van der Waals surface area (Å²) in [6, 6.07) is 22.3. The lowest BCUT2D eigenvalue weighted by atomic mass is 10.1. The molecule has 0 bridgehead atoms. The number of imidazole rings is 1. The summed E-state index contributed by atoms with van der Waals surface area (Å²) in [7, 11) is 0. The van der Waals surface area contributed by atoms with Crippen molar-refractivity contribution >= 4 is 33.3 Å². The van der Waals surface area contributed by atoms with Crippen molar-refractivity contribution in [1.29, 1.82) is 0 Å². The second kappa shape index (κ2) is 10.1. The van der Waals surface area contributed by atoms with Gasteiger partial charge in [-0.1, -0.05) is 42.5 Å². The Labute approximate surface area is 233 Å².